The van der Waals surface area contributed by atoms with E-state index in [-0.39, 0.29) is 11.8 Å². The second-order valence-electron chi connectivity index (χ2n) is 9.55. The standard InChI is InChI=1S/C21H38N5O3/c1-20(2,3)29-19(28)25-11-6-17(7-12-25)18-5-4-8-24-21(18,15-23-16-27)26-13-9-22-10-14-26/h16-18,22H,4-15H2,1-3H3,(H,23,27). The van der Waals surface area contributed by atoms with Crippen molar-refractivity contribution in [3.05, 3.63) is 0 Å². The molecule has 8 nitrogen and oxygen atoms in total. The van der Waals surface area contributed by atoms with E-state index in [1.807, 2.05) is 25.7 Å². The molecule has 1 radical (unpaired) electrons. The molecule has 2 unspecified atom stereocenters. The fourth-order valence-electron chi connectivity index (χ4n) is 5.23. The Kier molecular flexibility index (Phi) is 7.40. The quantitative estimate of drug-likeness (QED) is 0.663. The summed E-state index contributed by atoms with van der Waals surface area (Å²) < 4.78 is 5.55. The molecule has 0 spiro atoms. The summed E-state index contributed by atoms with van der Waals surface area (Å²) in [4.78, 5) is 27.9. The molecule has 29 heavy (non-hydrogen) atoms. The molecule has 3 saturated heterocycles. The van der Waals surface area contributed by atoms with Crippen LogP contribution in [0.25, 0.3) is 0 Å². The lowest BCUT2D eigenvalue weighted by molar-refractivity contribution is -0.112. The van der Waals surface area contributed by atoms with Gasteiger partial charge in [-0.15, -0.1) is 0 Å². The van der Waals surface area contributed by atoms with Gasteiger partial charge in [0.1, 0.15) is 11.3 Å². The van der Waals surface area contributed by atoms with E-state index in [4.69, 9.17) is 10.1 Å². The summed E-state index contributed by atoms with van der Waals surface area (Å²) in [5, 5.41) is 11.5. The Morgan fingerprint density at radius 1 is 1.21 bits per heavy atom. The van der Waals surface area contributed by atoms with Crippen LogP contribution in [0.5, 0.6) is 0 Å². The van der Waals surface area contributed by atoms with Crippen LogP contribution in [0.1, 0.15) is 46.5 Å². The van der Waals surface area contributed by atoms with Gasteiger partial charge in [0.15, 0.2) is 0 Å². The minimum Gasteiger partial charge on any atom is -0.444 e. The van der Waals surface area contributed by atoms with Gasteiger partial charge in [0.25, 0.3) is 0 Å². The van der Waals surface area contributed by atoms with Crippen LogP contribution in [-0.4, -0.2) is 85.9 Å². The van der Waals surface area contributed by atoms with Crippen LogP contribution in [0.15, 0.2) is 0 Å². The van der Waals surface area contributed by atoms with Gasteiger partial charge in [-0.1, -0.05) is 0 Å². The molecule has 2 atom stereocenters. The number of piperidine rings is 2. The number of hydrogen-bond donors (Lipinski definition) is 2. The van der Waals surface area contributed by atoms with Crippen LogP contribution in [0.3, 0.4) is 0 Å². The maximum atomic E-state index is 12.4. The normalized spacial score (nSPS) is 30.0. The van der Waals surface area contributed by atoms with Crippen molar-refractivity contribution in [1.82, 2.24) is 25.8 Å². The molecule has 0 aromatic carbocycles. The van der Waals surface area contributed by atoms with Crippen LogP contribution in [0.2, 0.25) is 0 Å². The van der Waals surface area contributed by atoms with E-state index < -0.39 is 5.60 Å². The smallest absolute Gasteiger partial charge is 0.410 e. The van der Waals surface area contributed by atoms with E-state index in [1.165, 1.54) is 0 Å². The molecular formula is C21H38N5O3. The molecule has 3 fully saturated rings. The van der Waals surface area contributed by atoms with Crippen molar-refractivity contribution in [2.24, 2.45) is 11.8 Å². The first kappa shape index (κ1) is 22.3. The number of nitrogens with one attached hydrogen (secondary N) is 2. The fraction of sp³-hybridized carbons (Fsp3) is 0.905. The number of likely N-dealkylation sites (tertiary alicyclic amines) is 1. The third-order valence-electron chi connectivity index (χ3n) is 6.52. The summed E-state index contributed by atoms with van der Waals surface area (Å²) in [6.07, 6.45) is 4.76. The average Bonchev–Trinajstić information content (AvgIpc) is 2.72. The number of amides is 2. The number of piperazine rings is 1. The Morgan fingerprint density at radius 3 is 2.52 bits per heavy atom. The van der Waals surface area contributed by atoms with Gasteiger partial charge in [0.2, 0.25) is 6.41 Å². The van der Waals surface area contributed by atoms with Crippen LogP contribution < -0.4 is 16.0 Å². The zero-order valence-electron chi connectivity index (χ0n) is 18.3. The van der Waals surface area contributed by atoms with Crippen molar-refractivity contribution in [2.45, 2.75) is 57.7 Å². The Balaban J connectivity index is 1.69. The summed E-state index contributed by atoms with van der Waals surface area (Å²) in [6.45, 7) is 12.4. The molecule has 3 aliphatic rings. The average molecular weight is 409 g/mol. The van der Waals surface area contributed by atoms with E-state index in [9.17, 15) is 9.59 Å². The summed E-state index contributed by atoms with van der Waals surface area (Å²) in [6, 6.07) is 0. The number of hydrogen-bond acceptors (Lipinski definition) is 5. The fourth-order valence-corrected chi connectivity index (χ4v) is 5.23. The first-order valence-corrected chi connectivity index (χ1v) is 11.1. The third kappa shape index (κ3) is 5.41. The van der Waals surface area contributed by atoms with Gasteiger partial charge in [-0.05, 0) is 58.3 Å². The molecule has 0 aromatic rings. The van der Waals surface area contributed by atoms with Crippen molar-refractivity contribution >= 4 is 12.5 Å². The third-order valence-corrected chi connectivity index (χ3v) is 6.52. The highest BCUT2D eigenvalue weighted by Gasteiger charge is 2.50. The van der Waals surface area contributed by atoms with Gasteiger partial charge in [0.05, 0.1) is 6.54 Å². The number of carbonyl (C=O) groups excluding carboxylic acids is 2. The van der Waals surface area contributed by atoms with Crippen molar-refractivity contribution < 1.29 is 14.3 Å². The zero-order valence-corrected chi connectivity index (χ0v) is 18.3. The number of carbonyl (C=O) groups is 2. The van der Waals surface area contributed by atoms with Crippen LogP contribution in [-0.2, 0) is 9.53 Å². The SMILES string of the molecule is CC(C)(C)OC(=O)N1CCC(C2CCC[N]C2(CNC=O)N2CCNCC2)CC1. The zero-order chi connectivity index (χ0) is 20.9. The lowest BCUT2D eigenvalue weighted by Gasteiger charge is -2.55. The van der Waals surface area contributed by atoms with Gasteiger partial charge in [-0.25, -0.2) is 10.1 Å². The number of ether oxygens (including phenoxy) is 1. The second-order valence-corrected chi connectivity index (χ2v) is 9.55. The van der Waals surface area contributed by atoms with Crippen molar-refractivity contribution in [3.63, 3.8) is 0 Å². The van der Waals surface area contributed by atoms with Gasteiger partial charge >= 0.3 is 6.09 Å². The van der Waals surface area contributed by atoms with Gasteiger partial charge < -0.3 is 20.3 Å². The maximum Gasteiger partial charge on any atom is 0.410 e. The minimum absolute atomic E-state index is 0.208. The molecular weight excluding hydrogens is 370 g/mol. The van der Waals surface area contributed by atoms with Crippen molar-refractivity contribution in [3.8, 4) is 0 Å². The molecule has 0 saturated carbocycles. The predicted octanol–water partition coefficient (Wildman–Crippen LogP) is 0.995. The van der Waals surface area contributed by atoms with Crippen LogP contribution in [0, 0.1) is 11.8 Å². The van der Waals surface area contributed by atoms with E-state index in [1.54, 1.807) is 0 Å². The Bertz CT molecular complexity index is 553. The highest BCUT2D eigenvalue weighted by atomic mass is 16.6. The van der Waals surface area contributed by atoms with E-state index >= 15 is 0 Å². The van der Waals surface area contributed by atoms with E-state index in [0.29, 0.717) is 18.4 Å². The summed E-state index contributed by atoms with van der Waals surface area (Å²) in [7, 11) is 0. The number of rotatable bonds is 5. The largest absolute Gasteiger partial charge is 0.444 e. The minimum atomic E-state index is -0.464. The monoisotopic (exact) mass is 408 g/mol. The highest BCUT2D eigenvalue weighted by Crippen LogP contribution is 2.41. The molecule has 2 amide bonds. The first-order valence-electron chi connectivity index (χ1n) is 11.1. The molecule has 165 valence electrons. The molecule has 0 bridgehead atoms. The summed E-state index contributed by atoms with van der Waals surface area (Å²) in [5.41, 5.74) is -0.784. The van der Waals surface area contributed by atoms with Gasteiger partial charge in [-0.2, -0.15) is 0 Å². The molecule has 3 heterocycles. The Morgan fingerprint density at radius 2 is 1.90 bits per heavy atom. The molecule has 2 N–H and O–H groups in total. The highest BCUT2D eigenvalue weighted by molar-refractivity contribution is 5.68. The van der Waals surface area contributed by atoms with Crippen LogP contribution >= 0.6 is 0 Å². The van der Waals surface area contributed by atoms with Crippen molar-refractivity contribution in [1.29, 1.82) is 0 Å². The number of nitrogens with zero attached hydrogens (tertiary/aromatic N) is 3. The lowest BCUT2D eigenvalue weighted by atomic mass is 9.71. The van der Waals surface area contributed by atoms with Crippen molar-refractivity contribution in [2.75, 3.05) is 52.4 Å². The van der Waals surface area contributed by atoms with E-state index in [0.717, 1.165) is 77.9 Å². The molecule has 3 rings (SSSR count). The predicted molar refractivity (Wildman–Crippen MR) is 111 cm³/mol. The Labute approximate surface area is 175 Å². The molecule has 3 aliphatic heterocycles. The second kappa shape index (κ2) is 9.62. The van der Waals surface area contributed by atoms with Gasteiger partial charge in [-0.3, -0.25) is 9.69 Å². The van der Waals surface area contributed by atoms with E-state index in [2.05, 4.69) is 15.5 Å². The van der Waals surface area contributed by atoms with Gasteiger partial charge in [0, 0.05) is 45.8 Å². The molecule has 0 aliphatic carbocycles. The summed E-state index contributed by atoms with van der Waals surface area (Å²) in [5.74, 6) is 0.906. The van der Waals surface area contributed by atoms with Crippen LogP contribution in [0.4, 0.5) is 4.79 Å². The molecule has 8 heteroatoms. The molecule has 0 aromatic heterocycles. The topological polar surface area (TPSA) is 88.0 Å². The lowest BCUT2D eigenvalue weighted by Crippen LogP contribution is -2.71. The summed E-state index contributed by atoms with van der Waals surface area (Å²) >= 11 is 0. The Hall–Kier alpha value is -1.38. The first-order chi connectivity index (χ1) is 13.9. The maximum absolute atomic E-state index is 12.4.